The van der Waals surface area contributed by atoms with E-state index >= 15 is 0 Å². The molecule has 136 valence electrons. The summed E-state index contributed by atoms with van der Waals surface area (Å²) in [5.41, 5.74) is -0.0621. The average Bonchev–Trinajstić information content (AvgIpc) is 2.60. The van der Waals surface area contributed by atoms with E-state index in [1.165, 1.54) is 19.3 Å². The van der Waals surface area contributed by atoms with Crippen LogP contribution in [0.2, 0.25) is 0 Å². The van der Waals surface area contributed by atoms with Crippen molar-refractivity contribution in [3.63, 3.8) is 0 Å². The lowest BCUT2D eigenvalue weighted by atomic mass is 9.73. The second-order valence-corrected chi connectivity index (χ2v) is 6.74. The van der Waals surface area contributed by atoms with E-state index < -0.39 is 17.7 Å². The summed E-state index contributed by atoms with van der Waals surface area (Å²) in [6.45, 7) is 6.72. The van der Waals surface area contributed by atoms with Crippen molar-refractivity contribution in [2.45, 2.75) is 57.5 Å². The van der Waals surface area contributed by atoms with Gasteiger partial charge in [-0.05, 0) is 25.7 Å². The van der Waals surface area contributed by atoms with Crippen LogP contribution in [-0.4, -0.2) is 44.0 Å². The topological polar surface area (TPSA) is 73.9 Å². The van der Waals surface area contributed by atoms with Crippen LogP contribution in [-0.2, 0) is 19.0 Å². The first-order chi connectivity index (χ1) is 11.5. The number of alkyl carbamates (subject to hydrolysis) is 1. The van der Waals surface area contributed by atoms with Crippen molar-refractivity contribution in [2.75, 3.05) is 26.4 Å². The first kappa shape index (κ1) is 18.8. The monoisotopic (exact) mass is 339 g/mol. The second kappa shape index (κ2) is 9.06. The highest BCUT2D eigenvalue weighted by atomic mass is 16.6. The summed E-state index contributed by atoms with van der Waals surface area (Å²) < 4.78 is 16.3. The van der Waals surface area contributed by atoms with Gasteiger partial charge in [0.1, 0.15) is 12.2 Å². The number of carbonyl (C=O) groups is 2. The Balaban J connectivity index is 1.81. The number of hydrogen-bond donors (Lipinski definition) is 1. The number of hydrogen-bond acceptors (Lipinski definition) is 5. The molecule has 0 spiro atoms. The summed E-state index contributed by atoms with van der Waals surface area (Å²) in [6, 6.07) is 0. The molecule has 6 heteroatoms. The predicted molar refractivity (Wildman–Crippen MR) is 89.6 cm³/mol. The molecular formula is C18H29NO5. The zero-order valence-corrected chi connectivity index (χ0v) is 14.6. The number of nitrogens with one attached hydrogen (secondary N) is 1. The minimum Gasteiger partial charge on any atom is -0.460 e. The third-order valence-corrected chi connectivity index (χ3v) is 4.94. The standard InChI is InChI=1S/C18H29NO5/c1-14(2)16(20)23-13-10-19-17(21)24-18(8-11-22-12-9-18)15-6-4-3-5-7-15/h15H,1,3-13H2,2H3,(H,19,21). The van der Waals surface area contributed by atoms with Crippen molar-refractivity contribution in [2.24, 2.45) is 5.92 Å². The Kier molecular flexibility index (Phi) is 7.09. The first-order valence-electron chi connectivity index (χ1n) is 8.91. The molecule has 0 aromatic carbocycles. The van der Waals surface area contributed by atoms with Crippen molar-refractivity contribution in [3.8, 4) is 0 Å². The fraction of sp³-hybridized carbons (Fsp3) is 0.778. The summed E-state index contributed by atoms with van der Waals surface area (Å²) in [6.07, 6.45) is 6.99. The van der Waals surface area contributed by atoms with Crippen LogP contribution in [0.4, 0.5) is 4.79 Å². The minimum atomic E-state index is -0.451. The van der Waals surface area contributed by atoms with Crippen LogP contribution in [0.15, 0.2) is 12.2 Å². The molecule has 1 heterocycles. The van der Waals surface area contributed by atoms with Crippen LogP contribution in [0.25, 0.3) is 0 Å². The predicted octanol–water partition coefficient (Wildman–Crippen LogP) is 2.96. The highest BCUT2D eigenvalue weighted by Crippen LogP contribution is 2.41. The third kappa shape index (κ3) is 5.23. The SMILES string of the molecule is C=C(C)C(=O)OCCNC(=O)OC1(C2CCCCC2)CCOCC1. The van der Waals surface area contributed by atoms with Gasteiger partial charge < -0.3 is 19.5 Å². The van der Waals surface area contributed by atoms with Gasteiger partial charge in [-0.3, -0.25) is 0 Å². The molecule has 1 aliphatic carbocycles. The fourth-order valence-corrected chi connectivity index (χ4v) is 3.58. The lowest BCUT2D eigenvalue weighted by Crippen LogP contribution is -2.49. The van der Waals surface area contributed by atoms with Crippen LogP contribution in [0.5, 0.6) is 0 Å². The molecule has 1 amide bonds. The van der Waals surface area contributed by atoms with E-state index in [9.17, 15) is 9.59 Å². The molecule has 2 rings (SSSR count). The van der Waals surface area contributed by atoms with Crippen molar-refractivity contribution >= 4 is 12.1 Å². The normalized spacial score (nSPS) is 20.9. The van der Waals surface area contributed by atoms with Gasteiger partial charge in [-0.1, -0.05) is 25.8 Å². The van der Waals surface area contributed by atoms with Gasteiger partial charge in [0.2, 0.25) is 0 Å². The Hall–Kier alpha value is -1.56. The fourth-order valence-electron chi connectivity index (χ4n) is 3.58. The Morgan fingerprint density at radius 3 is 2.50 bits per heavy atom. The van der Waals surface area contributed by atoms with E-state index in [2.05, 4.69) is 11.9 Å². The van der Waals surface area contributed by atoms with Crippen LogP contribution < -0.4 is 5.32 Å². The van der Waals surface area contributed by atoms with E-state index in [0.717, 1.165) is 25.7 Å². The van der Waals surface area contributed by atoms with Gasteiger partial charge in [-0.15, -0.1) is 0 Å². The van der Waals surface area contributed by atoms with Crippen molar-refractivity contribution in [3.05, 3.63) is 12.2 Å². The second-order valence-electron chi connectivity index (χ2n) is 6.74. The molecule has 1 saturated heterocycles. The van der Waals surface area contributed by atoms with Crippen molar-refractivity contribution in [1.29, 1.82) is 0 Å². The van der Waals surface area contributed by atoms with Gasteiger partial charge in [-0.25, -0.2) is 9.59 Å². The number of amides is 1. The van der Waals surface area contributed by atoms with E-state index in [4.69, 9.17) is 14.2 Å². The summed E-state index contributed by atoms with van der Waals surface area (Å²) in [4.78, 5) is 23.5. The molecule has 0 unspecified atom stereocenters. The van der Waals surface area contributed by atoms with Gasteiger partial charge in [0.15, 0.2) is 0 Å². The minimum absolute atomic E-state index is 0.111. The third-order valence-electron chi connectivity index (χ3n) is 4.94. The lowest BCUT2D eigenvalue weighted by molar-refractivity contribution is -0.139. The first-order valence-corrected chi connectivity index (χ1v) is 8.91. The maximum absolute atomic E-state index is 12.2. The Bertz CT molecular complexity index is 450. The number of ether oxygens (including phenoxy) is 3. The van der Waals surface area contributed by atoms with Crippen LogP contribution in [0.3, 0.4) is 0 Å². The van der Waals surface area contributed by atoms with Gasteiger partial charge in [0.25, 0.3) is 0 Å². The molecule has 2 aliphatic rings. The summed E-state index contributed by atoms with van der Waals surface area (Å²) in [5.74, 6) is -0.0320. The lowest BCUT2D eigenvalue weighted by Gasteiger charge is -2.44. The summed E-state index contributed by atoms with van der Waals surface area (Å²) in [7, 11) is 0. The molecule has 6 nitrogen and oxygen atoms in total. The zero-order valence-electron chi connectivity index (χ0n) is 14.6. The highest BCUT2D eigenvalue weighted by molar-refractivity contribution is 5.86. The van der Waals surface area contributed by atoms with E-state index in [1.54, 1.807) is 6.92 Å². The molecule has 0 atom stereocenters. The van der Waals surface area contributed by atoms with Gasteiger partial charge in [0, 0.05) is 18.4 Å². The van der Waals surface area contributed by atoms with Gasteiger partial charge in [0.05, 0.1) is 19.8 Å². The molecular weight excluding hydrogens is 310 g/mol. The van der Waals surface area contributed by atoms with Crippen LogP contribution in [0, 0.1) is 5.92 Å². The number of carbonyl (C=O) groups excluding carboxylic acids is 2. The smallest absolute Gasteiger partial charge is 0.407 e. The van der Waals surface area contributed by atoms with E-state index in [-0.39, 0.29) is 13.2 Å². The molecule has 0 radical (unpaired) electrons. The maximum Gasteiger partial charge on any atom is 0.407 e. The Labute approximate surface area is 143 Å². The number of rotatable bonds is 6. The summed E-state index contributed by atoms with van der Waals surface area (Å²) in [5, 5.41) is 2.68. The largest absolute Gasteiger partial charge is 0.460 e. The van der Waals surface area contributed by atoms with Gasteiger partial charge >= 0.3 is 12.1 Å². The summed E-state index contributed by atoms with van der Waals surface area (Å²) >= 11 is 0. The average molecular weight is 339 g/mol. The van der Waals surface area contributed by atoms with Crippen molar-refractivity contribution in [1.82, 2.24) is 5.32 Å². The Morgan fingerprint density at radius 1 is 1.21 bits per heavy atom. The maximum atomic E-state index is 12.2. The van der Waals surface area contributed by atoms with Crippen molar-refractivity contribution < 1.29 is 23.8 Å². The zero-order chi connectivity index (χ0) is 17.4. The highest BCUT2D eigenvalue weighted by Gasteiger charge is 2.44. The van der Waals surface area contributed by atoms with E-state index in [0.29, 0.717) is 24.7 Å². The Morgan fingerprint density at radius 2 is 1.88 bits per heavy atom. The van der Waals surface area contributed by atoms with Crippen LogP contribution >= 0.6 is 0 Å². The molecule has 0 bridgehead atoms. The molecule has 1 N–H and O–H groups in total. The molecule has 24 heavy (non-hydrogen) atoms. The molecule has 1 saturated carbocycles. The van der Waals surface area contributed by atoms with Gasteiger partial charge in [-0.2, -0.15) is 0 Å². The molecule has 2 fully saturated rings. The van der Waals surface area contributed by atoms with Crippen LogP contribution in [0.1, 0.15) is 51.9 Å². The van der Waals surface area contributed by atoms with E-state index in [1.807, 2.05) is 0 Å². The molecule has 0 aromatic rings. The quantitative estimate of drug-likeness (QED) is 0.457. The molecule has 1 aliphatic heterocycles. The molecule has 0 aromatic heterocycles. The number of esters is 1.